The molecule has 4 N–H and O–H groups in total. The number of hydrogen-bond donors (Lipinski definition) is 3. The SMILES string of the molecule is COc1ccccc1C(=N)c1cc(NC(=O)c2ncc(C#N)cc2C)ccc1N. The fraction of sp³-hybridized carbons (Fsp3) is 0.0909. The molecule has 7 heteroatoms. The second-order valence-electron chi connectivity index (χ2n) is 6.33. The average molecular weight is 385 g/mol. The predicted octanol–water partition coefficient (Wildman–Crippen LogP) is 3.52. The van der Waals surface area contributed by atoms with Crippen LogP contribution < -0.4 is 15.8 Å². The van der Waals surface area contributed by atoms with E-state index in [4.69, 9.17) is 21.1 Å². The van der Waals surface area contributed by atoms with Crippen LogP contribution in [-0.2, 0) is 0 Å². The van der Waals surface area contributed by atoms with Crippen LogP contribution in [0.2, 0.25) is 0 Å². The van der Waals surface area contributed by atoms with Crippen molar-refractivity contribution in [3.63, 3.8) is 0 Å². The number of hydrogen-bond acceptors (Lipinski definition) is 6. The van der Waals surface area contributed by atoms with Crippen molar-refractivity contribution in [3.05, 3.63) is 82.7 Å². The number of anilines is 2. The van der Waals surface area contributed by atoms with Crippen molar-refractivity contribution in [1.82, 2.24) is 4.98 Å². The number of methoxy groups -OCH3 is 1. The Morgan fingerprint density at radius 1 is 1.21 bits per heavy atom. The maximum Gasteiger partial charge on any atom is 0.274 e. The summed E-state index contributed by atoms with van der Waals surface area (Å²) >= 11 is 0. The molecule has 0 radical (unpaired) electrons. The summed E-state index contributed by atoms with van der Waals surface area (Å²) in [6.45, 7) is 1.72. The van der Waals surface area contributed by atoms with Crippen LogP contribution in [0.5, 0.6) is 5.75 Å². The second-order valence-corrected chi connectivity index (χ2v) is 6.33. The van der Waals surface area contributed by atoms with Crippen LogP contribution in [0.15, 0.2) is 54.7 Å². The molecule has 0 bridgehead atoms. The van der Waals surface area contributed by atoms with E-state index in [0.717, 1.165) is 0 Å². The second kappa shape index (κ2) is 8.23. The molecule has 1 amide bonds. The topological polar surface area (TPSA) is 125 Å². The number of nitrogens with one attached hydrogen (secondary N) is 2. The molecule has 1 heterocycles. The first-order valence-corrected chi connectivity index (χ1v) is 8.74. The van der Waals surface area contributed by atoms with Crippen molar-refractivity contribution in [2.24, 2.45) is 0 Å². The van der Waals surface area contributed by atoms with Crippen molar-refractivity contribution in [2.75, 3.05) is 18.2 Å². The van der Waals surface area contributed by atoms with Gasteiger partial charge < -0.3 is 15.8 Å². The molecule has 7 nitrogen and oxygen atoms in total. The van der Waals surface area contributed by atoms with Gasteiger partial charge in [0.15, 0.2) is 0 Å². The molecule has 0 aliphatic heterocycles. The number of aromatic nitrogens is 1. The minimum Gasteiger partial charge on any atom is -0.496 e. The quantitative estimate of drug-likeness (QED) is 0.458. The Balaban J connectivity index is 1.90. The van der Waals surface area contributed by atoms with Gasteiger partial charge in [0, 0.05) is 28.7 Å². The fourth-order valence-electron chi connectivity index (χ4n) is 2.91. The van der Waals surface area contributed by atoms with E-state index in [9.17, 15) is 4.79 Å². The van der Waals surface area contributed by atoms with Crippen LogP contribution in [-0.4, -0.2) is 23.7 Å². The highest BCUT2D eigenvalue weighted by Crippen LogP contribution is 2.26. The number of benzene rings is 2. The van der Waals surface area contributed by atoms with Crippen molar-refractivity contribution < 1.29 is 9.53 Å². The van der Waals surface area contributed by atoms with E-state index in [1.807, 2.05) is 18.2 Å². The van der Waals surface area contributed by atoms with Gasteiger partial charge in [-0.1, -0.05) is 12.1 Å². The summed E-state index contributed by atoms with van der Waals surface area (Å²) in [5.41, 5.74) is 9.42. The number of para-hydroxylation sites is 1. The van der Waals surface area contributed by atoms with E-state index in [2.05, 4.69) is 10.3 Å². The minimum atomic E-state index is -0.411. The Bertz CT molecular complexity index is 1150. The number of ether oxygens (including phenoxy) is 1. The van der Waals surface area contributed by atoms with Crippen molar-refractivity contribution >= 4 is 23.0 Å². The van der Waals surface area contributed by atoms with Crippen LogP contribution in [0.4, 0.5) is 11.4 Å². The maximum absolute atomic E-state index is 12.6. The van der Waals surface area contributed by atoms with Gasteiger partial charge in [-0.05, 0) is 48.9 Å². The third-order valence-electron chi connectivity index (χ3n) is 4.38. The molecule has 0 atom stereocenters. The summed E-state index contributed by atoms with van der Waals surface area (Å²) in [5.74, 6) is 0.148. The molecule has 2 aromatic carbocycles. The van der Waals surface area contributed by atoms with Gasteiger partial charge in [0.05, 0.1) is 18.4 Å². The van der Waals surface area contributed by atoms with Crippen molar-refractivity contribution in [2.45, 2.75) is 6.92 Å². The Labute approximate surface area is 168 Å². The molecule has 29 heavy (non-hydrogen) atoms. The number of carbonyl (C=O) groups is 1. The fourth-order valence-corrected chi connectivity index (χ4v) is 2.91. The molecule has 0 aliphatic rings. The normalized spacial score (nSPS) is 10.1. The summed E-state index contributed by atoms with van der Waals surface area (Å²) in [4.78, 5) is 16.7. The van der Waals surface area contributed by atoms with Crippen LogP contribution in [0.3, 0.4) is 0 Å². The lowest BCUT2D eigenvalue weighted by atomic mass is 9.99. The first-order valence-electron chi connectivity index (χ1n) is 8.74. The largest absolute Gasteiger partial charge is 0.496 e. The third-order valence-corrected chi connectivity index (χ3v) is 4.38. The van der Waals surface area contributed by atoms with Crippen LogP contribution in [0.1, 0.15) is 32.7 Å². The molecule has 0 fully saturated rings. The first-order chi connectivity index (χ1) is 13.9. The van der Waals surface area contributed by atoms with Crippen LogP contribution >= 0.6 is 0 Å². The predicted molar refractivity (Wildman–Crippen MR) is 111 cm³/mol. The van der Waals surface area contributed by atoms with Gasteiger partial charge in [-0.3, -0.25) is 10.2 Å². The summed E-state index contributed by atoms with van der Waals surface area (Å²) in [6.07, 6.45) is 1.35. The lowest BCUT2D eigenvalue weighted by Gasteiger charge is -2.14. The van der Waals surface area contributed by atoms with E-state index in [-0.39, 0.29) is 11.4 Å². The highest BCUT2D eigenvalue weighted by molar-refractivity contribution is 6.16. The van der Waals surface area contributed by atoms with Crippen LogP contribution in [0, 0.1) is 23.7 Å². The summed E-state index contributed by atoms with van der Waals surface area (Å²) < 4.78 is 5.33. The molecular formula is C22H19N5O2. The molecule has 0 unspecified atom stereocenters. The number of nitrogens with two attached hydrogens (primary N) is 1. The number of nitriles is 1. The lowest BCUT2D eigenvalue weighted by Crippen LogP contribution is -2.16. The van der Waals surface area contributed by atoms with E-state index in [1.54, 1.807) is 50.4 Å². The van der Waals surface area contributed by atoms with Gasteiger partial charge in [0.1, 0.15) is 17.5 Å². The number of nitrogen functional groups attached to an aromatic ring is 1. The number of aryl methyl sites for hydroxylation is 1. The van der Waals surface area contributed by atoms with Gasteiger partial charge in [-0.2, -0.15) is 5.26 Å². The molecular weight excluding hydrogens is 366 g/mol. The Hall–Kier alpha value is -4.18. The summed E-state index contributed by atoms with van der Waals surface area (Å²) in [7, 11) is 1.54. The molecule has 0 saturated heterocycles. The Kier molecular flexibility index (Phi) is 5.56. The maximum atomic E-state index is 12.6. The zero-order chi connectivity index (χ0) is 21.0. The van der Waals surface area contributed by atoms with Crippen molar-refractivity contribution in [3.8, 4) is 11.8 Å². The van der Waals surface area contributed by atoms with Gasteiger partial charge in [-0.25, -0.2) is 4.98 Å². The number of carbonyl (C=O) groups excluding carboxylic acids is 1. The average Bonchev–Trinajstić information content (AvgIpc) is 2.74. The smallest absolute Gasteiger partial charge is 0.274 e. The molecule has 0 saturated carbocycles. The number of rotatable bonds is 5. The lowest BCUT2D eigenvalue weighted by molar-refractivity contribution is 0.102. The van der Waals surface area contributed by atoms with Crippen molar-refractivity contribution in [1.29, 1.82) is 10.7 Å². The minimum absolute atomic E-state index is 0.184. The third kappa shape index (κ3) is 4.06. The van der Waals surface area contributed by atoms with Gasteiger partial charge in [0.25, 0.3) is 5.91 Å². The number of pyridine rings is 1. The number of amides is 1. The molecule has 0 aliphatic carbocycles. The molecule has 144 valence electrons. The Morgan fingerprint density at radius 2 is 1.97 bits per heavy atom. The van der Waals surface area contributed by atoms with Crippen LogP contribution in [0.25, 0.3) is 0 Å². The van der Waals surface area contributed by atoms with Gasteiger partial charge >= 0.3 is 0 Å². The highest BCUT2D eigenvalue weighted by atomic mass is 16.5. The monoisotopic (exact) mass is 385 g/mol. The van der Waals surface area contributed by atoms with E-state index < -0.39 is 5.91 Å². The molecule has 3 rings (SSSR count). The zero-order valence-corrected chi connectivity index (χ0v) is 16.0. The zero-order valence-electron chi connectivity index (χ0n) is 16.0. The first kappa shape index (κ1) is 19.6. The summed E-state index contributed by atoms with van der Waals surface area (Å²) in [5, 5.41) is 20.3. The van der Waals surface area contributed by atoms with Gasteiger partial charge in [0.2, 0.25) is 0 Å². The Morgan fingerprint density at radius 3 is 2.66 bits per heavy atom. The standard InChI is InChI=1S/C22H19N5O2/c1-13-9-14(11-23)12-26-21(13)22(28)27-15-7-8-18(24)17(10-15)20(25)16-5-3-4-6-19(16)29-2/h3-10,12,25H,24H2,1-2H3,(H,27,28). The van der Waals surface area contributed by atoms with E-state index >= 15 is 0 Å². The highest BCUT2D eigenvalue weighted by Gasteiger charge is 2.16. The van der Waals surface area contributed by atoms with Gasteiger partial charge in [-0.15, -0.1) is 0 Å². The van der Waals surface area contributed by atoms with E-state index in [1.165, 1.54) is 6.20 Å². The number of nitrogens with zero attached hydrogens (tertiary/aromatic N) is 2. The molecule has 3 aromatic rings. The summed E-state index contributed by atoms with van der Waals surface area (Å²) in [6, 6.07) is 15.7. The molecule has 1 aromatic heterocycles. The molecule has 0 spiro atoms. The van der Waals surface area contributed by atoms with E-state index in [0.29, 0.717) is 39.4 Å².